The molecule has 0 spiro atoms. The fraction of sp³-hybridized carbons (Fsp3) is 0.600. The summed E-state index contributed by atoms with van der Waals surface area (Å²) >= 11 is 0. The molecule has 0 bridgehead atoms. The highest BCUT2D eigenvalue weighted by molar-refractivity contribution is 5.26. The first-order chi connectivity index (χ1) is 8.60. The van der Waals surface area contributed by atoms with Gasteiger partial charge in [0.1, 0.15) is 5.82 Å². The first-order valence-electron chi connectivity index (χ1n) is 6.82. The van der Waals surface area contributed by atoms with Crippen molar-refractivity contribution in [1.82, 2.24) is 10.2 Å². The molecule has 2 unspecified atom stereocenters. The van der Waals surface area contributed by atoms with Gasteiger partial charge in [0.25, 0.3) is 0 Å². The lowest BCUT2D eigenvalue weighted by atomic mass is 10.0. The molecule has 0 radical (unpaired) electrons. The average molecular weight is 250 g/mol. The van der Waals surface area contributed by atoms with E-state index < -0.39 is 0 Å². The minimum Gasteiger partial charge on any atom is -0.311 e. The summed E-state index contributed by atoms with van der Waals surface area (Å²) in [7, 11) is 0. The van der Waals surface area contributed by atoms with E-state index in [9.17, 15) is 4.39 Å². The Morgan fingerprint density at radius 3 is 2.94 bits per heavy atom. The van der Waals surface area contributed by atoms with Gasteiger partial charge in [0.2, 0.25) is 0 Å². The fourth-order valence-electron chi connectivity index (χ4n) is 2.66. The second kappa shape index (κ2) is 5.81. The minimum absolute atomic E-state index is 0.133. The molecule has 3 heteroatoms. The Labute approximate surface area is 109 Å². The monoisotopic (exact) mass is 250 g/mol. The standard InChI is InChI=1S/C15H23FN2/c1-4-15-8-17-12(3)9-18(15)10-13-7-14(16)6-5-11(13)2/h5-7,12,15,17H,4,8-10H2,1-3H3. The summed E-state index contributed by atoms with van der Waals surface area (Å²) in [6, 6.07) is 6.16. The van der Waals surface area contributed by atoms with E-state index >= 15 is 0 Å². The van der Waals surface area contributed by atoms with Crippen molar-refractivity contribution in [2.24, 2.45) is 0 Å². The largest absolute Gasteiger partial charge is 0.311 e. The second-order valence-electron chi connectivity index (χ2n) is 5.37. The molecule has 2 atom stereocenters. The lowest BCUT2D eigenvalue weighted by Gasteiger charge is -2.39. The van der Waals surface area contributed by atoms with Crippen LogP contribution in [-0.4, -0.2) is 30.1 Å². The van der Waals surface area contributed by atoms with Gasteiger partial charge >= 0.3 is 0 Å². The maximum absolute atomic E-state index is 13.3. The van der Waals surface area contributed by atoms with E-state index in [2.05, 4.69) is 31.0 Å². The van der Waals surface area contributed by atoms with Gasteiger partial charge in [-0.05, 0) is 43.5 Å². The van der Waals surface area contributed by atoms with E-state index in [1.54, 1.807) is 6.07 Å². The smallest absolute Gasteiger partial charge is 0.123 e. The molecule has 1 saturated heterocycles. The average Bonchev–Trinajstić information content (AvgIpc) is 2.34. The Balaban J connectivity index is 2.12. The zero-order chi connectivity index (χ0) is 13.1. The molecule has 1 heterocycles. The number of nitrogens with one attached hydrogen (secondary N) is 1. The minimum atomic E-state index is -0.133. The molecule has 1 fully saturated rings. The molecule has 18 heavy (non-hydrogen) atoms. The maximum Gasteiger partial charge on any atom is 0.123 e. The van der Waals surface area contributed by atoms with Crippen LogP contribution >= 0.6 is 0 Å². The predicted molar refractivity (Wildman–Crippen MR) is 73.1 cm³/mol. The van der Waals surface area contributed by atoms with Crippen molar-refractivity contribution < 1.29 is 4.39 Å². The summed E-state index contributed by atoms with van der Waals surface area (Å²) in [5.74, 6) is -0.133. The molecular formula is C15H23FN2. The Bertz CT molecular complexity index is 405. The van der Waals surface area contributed by atoms with Gasteiger partial charge in [-0.1, -0.05) is 13.0 Å². The highest BCUT2D eigenvalue weighted by Gasteiger charge is 2.24. The van der Waals surface area contributed by atoms with Crippen LogP contribution in [0.2, 0.25) is 0 Å². The number of benzene rings is 1. The van der Waals surface area contributed by atoms with Gasteiger partial charge < -0.3 is 5.32 Å². The van der Waals surface area contributed by atoms with E-state index in [4.69, 9.17) is 0 Å². The summed E-state index contributed by atoms with van der Waals surface area (Å²) in [6.07, 6.45) is 1.13. The Hall–Kier alpha value is -0.930. The van der Waals surface area contributed by atoms with Crippen LogP contribution < -0.4 is 5.32 Å². The molecule has 2 rings (SSSR count). The summed E-state index contributed by atoms with van der Waals surface area (Å²) in [5.41, 5.74) is 2.29. The Kier molecular flexibility index (Phi) is 4.36. The van der Waals surface area contributed by atoms with Gasteiger partial charge in [-0.2, -0.15) is 0 Å². The highest BCUT2D eigenvalue weighted by atomic mass is 19.1. The molecule has 2 nitrogen and oxygen atoms in total. The molecule has 0 aliphatic carbocycles. The Morgan fingerprint density at radius 1 is 1.44 bits per heavy atom. The summed E-state index contributed by atoms with van der Waals surface area (Å²) < 4.78 is 13.3. The lowest BCUT2D eigenvalue weighted by molar-refractivity contribution is 0.124. The molecule has 1 aliphatic heterocycles. The van der Waals surface area contributed by atoms with Gasteiger partial charge in [-0.15, -0.1) is 0 Å². The van der Waals surface area contributed by atoms with Crippen LogP contribution in [-0.2, 0) is 6.54 Å². The normalized spacial score (nSPS) is 25.3. The van der Waals surface area contributed by atoms with Gasteiger partial charge in [0.15, 0.2) is 0 Å². The van der Waals surface area contributed by atoms with Crippen molar-refractivity contribution in [1.29, 1.82) is 0 Å². The van der Waals surface area contributed by atoms with E-state index in [1.165, 1.54) is 11.6 Å². The summed E-state index contributed by atoms with van der Waals surface area (Å²) in [4.78, 5) is 2.48. The van der Waals surface area contributed by atoms with Crippen LogP contribution in [0.4, 0.5) is 4.39 Å². The third-order valence-corrected chi connectivity index (χ3v) is 3.88. The van der Waals surface area contributed by atoms with Crippen molar-refractivity contribution in [3.8, 4) is 0 Å². The molecule has 1 N–H and O–H groups in total. The van der Waals surface area contributed by atoms with Gasteiger partial charge in [-0.3, -0.25) is 4.90 Å². The van der Waals surface area contributed by atoms with Crippen LogP contribution in [0, 0.1) is 12.7 Å². The third-order valence-electron chi connectivity index (χ3n) is 3.88. The number of nitrogens with zero attached hydrogens (tertiary/aromatic N) is 1. The molecule has 0 saturated carbocycles. The number of hydrogen-bond acceptors (Lipinski definition) is 2. The zero-order valence-electron chi connectivity index (χ0n) is 11.5. The summed E-state index contributed by atoms with van der Waals surface area (Å²) in [5, 5.41) is 3.51. The number of halogens is 1. The van der Waals surface area contributed by atoms with Gasteiger partial charge in [0.05, 0.1) is 0 Å². The van der Waals surface area contributed by atoms with E-state index in [1.807, 2.05) is 6.07 Å². The van der Waals surface area contributed by atoms with Crippen LogP contribution in [0.3, 0.4) is 0 Å². The molecule has 1 aliphatic rings. The molecule has 1 aromatic carbocycles. The van der Waals surface area contributed by atoms with Crippen molar-refractivity contribution in [2.75, 3.05) is 13.1 Å². The molecular weight excluding hydrogens is 227 g/mol. The SMILES string of the molecule is CCC1CNC(C)CN1Cc1cc(F)ccc1C. The number of hydrogen-bond donors (Lipinski definition) is 1. The van der Waals surface area contributed by atoms with Crippen LogP contribution in [0.1, 0.15) is 31.4 Å². The van der Waals surface area contributed by atoms with E-state index in [0.29, 0.717) is 12.1 Å². The predicted octanol–water partition coefficient (Wildman–Crippen LogP) is 2.71. The number of rotatable bonds is 3. The molecule has 0 amide bonds. The molecule has 100 valence electrons. The number of piperazine rings is 1. The van der Waals surface area contributed by atoms with Gasteiger partial charge in [-0.25, -0.2) is 4.39 Å². The quantitative estimate of drug-likeness (QED) is 0.887. The van der Waals surface area contributed by atoms with Crippen molar-refractivity contribution >= 4 is 0 Å². The van der Waals surface area contributed by atoms with Crippen LogP contribution in [0.25, 0.3) is 0 Å². The van der Waals surface area contributed by atoms with Crippen molar-refractivity contribution in [3.63, 3.8) is 0 Å². The first kappa shape index (κ1) is 13.5. The second-order valence-corrected chi connectivity index (χ2v) is 5.37. The molecule has 1 aromatic rings. The van der Waals surface area contributed by atoms with Crippen LogP contribution in [0.15, 0.2) is 18.2 Å². The zero-order valence-corrected chi connectivity index (χ0v) is 11.5. The van der Waals surface area contributed by atoms with E-state index in [-0.39, 0.29) is 5.82 Å². The number of aryl methyl sites for hydroxylation is 1. The maximum atomic E-state index is 13.3. The first-order valence-corrected chi connectivity index (χ1v) is 6.82. The fourth-order valence-corrected chi connectivity index (χ4v) is 2.66. The lowest BCUT2D eigenvalue weighted by Crippen LogP contribution is -2.54. The topological polar surface area (TPSA) is 15.3 Å². The van der Waals surface area contributed by atoms with Crippen LogP contribution in [0.5, 0.6) is 0 Å². The summed E-state index contributed by atoms with van der Waals surface area (Å²) in [6.45, 7) is 9.40. The van der Waals surface area contributed by atoms with Crippen molar-refractivity contribution in [3.05, 3.63) is 35.1 Å². The third kappa shape index (κ3) is 3.09. The molecule has 0 aromatic heterocycles. The van der Waals surface area contributed by atoms with Crippen molar-refractivity contribution in [2.45, 2.75) is 45.8 Å². The highest BCUT2D eigenvalue weighted by Crippen LogP contribution is 2.18. The van der Waals surface area contributed by atoms with Gasteiger partial charge in [0, 0.05) is 31.7 Å². The Morgan fingerprint density at radius 2 is 2.22 bits per heavy atom. The van der Waals surface area contributed by atoms with E-state index in [0.717, 1.165) is 31.6 Å².